The molecule has 0 radical (unpaired) electrons. The second-order valence-electron chi connectivity index (χ2n) is 5.67. The molecule has 0 aromatic carbocycles. The molecule has 128 valence electrons. The van der Waals surface area contributed by atoms with Crippen molar-refractivity contribution in [3.05, 3.63) is 0 Å². The first-order chi connectivity index (χ1) is 9.56. The second-order valence-corrected chi connectivity index (χ2v) is 5.67. The molecular formula is C15H35IN4O. The zero-order valence-electron chi connectivity index (χ0n) is 14.4. The van der Waals surface area contributed by atoms with Gasteiger partial charge in [-0.3, -0.25) is 4.99 Å². The number of nitrogens with zero attached hydrogens (tertiary/aromatic N) is 2. The number of hydrogen-bond acceptors (Lipinski definition) is 3. The standard InChI is InChI=1S/C15H34N4O.HI/c1-6-16-15(17-9-7-11-19(4)5)18-10-8-12-20-13-14(2)3;/h14H,6-13H2,1-5H3,(H2,16,17,18);1H. The van der Waals surface area contributed by atoms with Crippen LogP contribution in [0.5, 0.6) is 0 Å². The van der Waals surface area contributed by atoms with Crippen LogP contribution in [0.4, 0.5) is 0 Å². The number of hydrogen-bond donors (Lipinski definition) is 2. The Bertz CT molecular complexity index is 248. The van der Waals surface area contributed by atoms with E-state index in [0.717, 1.165) is 58.2 Å². The van der Waals surface area contributed by atoms with Crippen molar-refractivity contribution in [3.8, 4) is 0 Å². The lowest BCUT2D eigenvalue weighted by Crippen LogP contribution is -2.38. The first kappa shape index (κ1) is 23.2. The van der Waals surface area contributed by atoms with Crippen molar-refractivity contribution >= 4 is 29.9 Å². The topological polar surface area (TPSA) is 48.9 Å². The minimum absolute atomic E-state index is 0. The first-order valence-electron chi connectivity index (χ1n) is 7.81. The summed E-state index contributed by atoms with van der Waals surface area (Å²) < 4.78 is 5.55. The molecule has 0 amide bonds. The molecule has 6 heteroatoms. The van der Waals surface area contributed by atoms with Crippen LogP contribution in [0.3, 0.4) is 0 Å². The average molecular weight is 414 g/mol. The van der Waals surface area contributed by atoms with E-state index in [0.29, 0.717) is 5.92 Å². The minimum atomic E-state index is 0. The third kappa shape index (κ3) is 17.9. The summed E-state index contributed by atoms with van der Waals surface area (Å²) in [6.07, 6.45) is 2.09. The number of aliphatic imine (C=N–C) groups is 1. The Morgan fingerprint density at radius 1 is 1.19 bits per heavy atom. The molecule has 0 aliphatic heterocycles. The molecule has 0 atom stereocenters. The highest BCUT2D eigenvalue weighted by atomic mass is 127. The number of guanidine groups is 1. The van der Waals surface area contributed by atoms with Gasteiger partial charge in [0.15, 0.2) is 5.96 Å². The quantitative estimate of drug-likeness (QED) is 0.236. The normalized spacial score (nSPS) is 11.7. The van der Waals surface area contributed by atoms with E-state index in [1.807, 2.05) is 0 Å². The van der Waals surface area contributed by atoms with E-state index in [-0.39, 0.29) is 24.0 Å². The Kier molecular flexibility index (Phi) is 18.0. The summed E-state index contributed by atoms with van der Waals surface area (Å²) >= 11 is 0. The van der Waals surface area contributed by atoms with Gasteiger partial charge in [-0.25, -0.2) is 0 Å². The Morgan fingerprint density at radius 2 is 1.90 bits per heavy atom. The zero-order valence-corrected chi connectivity index (χ0v) is 16.8. The highest BCUT2D eigenvalue weighted by molar-refractivity contribution is 14.0. The fourth-order valence-electron chi connectivity index (χ4n) is 1.62. The van der Waals surface area contributed by atoms with Crippen molar-refractivity contribution < 1.29 is 4.74 Å². The smallest absolute Gasteiger partial charge is 0.191 e. The highest BCUT2D eigenvalue weighted by Crippen LogP contribution is 1.93. The molecule has 2 N–H and O–H groups in total. The zero-order chi connectivity index (χ0) is 15.2. The van der Waals surface area contributed by atoms with Crippen LogP contribution >= 0.6 is 24.0 Å². The van der Waals surface area contributed by atoms with Gasteiger partial charge in [0.05, 0.1) is 0 Å². The van der Waals surface area contributed by atoms with Crippen molar-refractivity contribution in [1.29, 1.82) is 0 Å². The van der Waals surface area contributed by atoms with Crippen LogP contribution in [0.25, 0.3) is 0 Å². The molecule has 0 bridgehead atoms. The Morgan fingerprint density at radius 3 is 2.48 bits per heavy atom. The molecule has 0 aliphatic carbocycles. The highest BCUT2D eigenvalue weighted by Gasteiger charge is 1.97. The fourth-order valence-corrected chi connectivity index (χ4v) is 1.62. The van der Waals surface area contributed by atoms with Crippen LogP contribution in [-0.2, 0) is 4.74 Å². The van der Waals surface area contributed by atoms with E-state index in [9.17, 15) is 0 Å². The van der Waals surface area contributed by atoms with E-state index < -0.39 is 0 Å². The number of nitrogens with one attached hydrogen (secondary N) is 2. The molecule has 0 saturated heterocycles. The van der Waals surface area contributed by atoms with Crippen LogP contribution in [0, 0.1) is 5.92 Å². The molecule has 21 heavy (non-hydrogen) atoms. The third-order valence-corrected chi connectivity index (χ3v) is 2.59. The van der Waals surface area contributed by atoms with Gasteiger partial charge in [-0.2, -0.15) is 0 Å². The van der Waals surface area contributed by atoms with Crippen LogP contribution in [0.15, 0.2) is 4.99 Å². The largest absolute Gasteiger partial charge is 0.381 e. The molecule has 0 aliphatic rings. The van der Waals surface area contributed by atoms with E-state index >= 15 is 0 Å². The summed E-state index contributed by atoms with van der Waals surface area (Å²) in [6, 6.07) is 0. The molecule has 0 rings (SSSR count). The van der Waals surface area contributed by atoms with Crippen LogP contribution in [0.1, 0.15) is 33.6 Å². The van der Waals surface area contributed by atoms with Gasteiger partial charge < -0.3 is 20.3 Å². The summed E-state index contributed by atoms with van der Waals surface area (Å²) in [5.74, 6) is 1.52. The van der Waals surface area contributed by atoms with Gasteiger partial charge in [0.25, 0.3) is 0 Å². The summed E-state index contributed by atoms with van der Waals surface area (Å²) in [4.78, 5) is 6.74. The molecule has 0 aromatic rings. The van der Waals surface area contributed by atoms with Crippen molar-refractivity contribution in [1.82, 2.24) is 15.5 Å². The van der Waals surface area contributed by atoms with Crippen molar-refractivity contribution in [2.45, 2.75) is 33.6 Å². The van der Waals surface area contributed by atoms with Gasteiger partial charge in [0.2, 0.25) is 0 Å². The SMILES string of the molecule is CCNC(=NCCCOCC(C)C)NCCCN(C)C.I. The molecule has 5 nitrogen and oxygen atoms in total. The minimum Gasteiger partial charge on any atom is -0.381 e. The number of rotatable bonds is 11. The van der Waals surface area contributed by atoms with Crippen LogP contribution < -0.4 is 10.6 Å². The predicted molar refractivity (Wildman–Crippen MR) is 103 cm³/mol. The molecule has 0 unspecified atom stereocenters. The summed E-state index contributed by atoms with van der Waals surface area (Å²) in [5.41, 5.74) is 0. The maximum atomic E-state index is 5.55. The van der Waals surface area contributed by atoms with Crippen LogP contribution in [-0.4, -0.2) is 64.3 Å². The lowest BCUT2D eigenvalue weighted by atomic mass is 10.2. The lowest BCUT2D eigenvalue weighted by molar-refractivity contribution is 0.109. The fraction of sp³-hybridized carbons (Fsp3) is 0.933. The van der Waals surface area contributed by atoms with E-state index in [4.69, 9.17) is 4.74 Å². The van der Waals surface area contributed by atoms with Gasteiger partial charge in [-0.1, -0.05) is 13.8 Å². The Labute approximate surface area is 148 Å². The third-order valence-electron chi connectivity index (χ3n) is 2.59. The molecular weight excluding hydrogens is 379 g/mol. The number of ether oxygens (including phenoxy) is 1. The maximum Gasteiger partial charge on any atom is 0.191 e. The van der Waals surface area contributed by atoms with Gasteiger partial charge in [0, 0.05) is 32.8 Å². The van der Waals surface area contributed by atoms with Gasteiger partial charge in [-0.15, -0.1) is 24.0 Å². The number of halogens is 1. The van der Waals surface area contributed by atoms with Crippen molar-refractivity contribution in [2.75, 3.05) is 53.5 Å². The van der Waals surface area contributed by atoms with E-state index in [1.165, 1.54) is 0 Å². The van der Waals surface area contributed by atoms with E-state index in [2.05, 4.69) is 55.4 Å². The summed E-state index contributed by atoms with van der Waals surface area (Å²) in [5, 5.41) is 6.62. The Hall–Kier alpha value is -0.0800. The molecule has 0 heterocycles. The maximum absolute atomic E-state index is 5.55. The molecule has 0 fully saturated rings. The second kappa shape index (κ2) is 16.3. The van der Waals surface area contributed by atoms with Gasteiger partial charge >= 0.3 is 0 Å². The average Bonchev–Trinajstić information content (AvgIpc) is 2.37. The van der Waals surface area contributed by atoms with Crippen LogP contribution in [0.2, 0.25) is 0 Å². The monoisotopic (exact) mass is 414 g/mol. The summed E-state index contributed by atoms with van der Waals surface area (Å²) in [7, 11) is 4.19. The molecule has 0 saturated carbocycles. The van der Waals surface area contributed by atoms with E-state index in [1.54, 1.807) is 0 Å². The predicted octanol–water partition coefficient (Wildman–Crippen LogP) is 2.17. The first-order valence-corrected chi connectivity index (χ1v) is 7.81. The summed E-state index contributed by atoms with van der Waals surface area (Å²) in [6.45, 7) is 11.8. The Balaban J connectivity index is 0. The molecule has 0 spiro atoms. The van der Waals surface area contributed by atoms with Crippen molar-refractivity contribution in [2.24, 2.45) is 10.9 Å². The molecule has 0 aromatic heterocycles. The van der Waals surface area contributed by atoms with Gasteiger partial charge in [0.1, 0.15) is 0 Å². The van der Waals surface area contributed by atoms with Crippen molar-refractivity contribution in [3.63, 3.8) is 0 Å². The lowest BCUT2D eigenvalue weighted by Gasteiger charge is -2.13. The van der Waals surface area contributed by atoms with Gasteiger partial charge in [-0.05, 0) is 46.3 Å².